The van der Waals surface area contributed by atoms with E-state index < -0.39 is 47.6 Å². The summed E-state index contributed by atoms with van der Waals surface area (Å²) in [5.41, 5.74) is -0.983. The molecule has 5 atom stereocenters. The number of allylic oxidation sites excluding steroid dienone is 1. The number of esters is 2. The van der Waals surface area contributed by atoms with E-state index in [2.05, 4.69) is 6.58 Å². The molecule has 1 saturated heterocycles. The minimum Gasteiger partial charge on any atom is -0.458 e. The number of carbonyl (C=O) groups excluding carboxylic acids is 3. The van der Waals surface area contributed by atoms with Crippen molar-refractivity contribution < 1.29 is 34.1 Å². The maximum Gasteiger partial charge on any atom is 0.334 e. The van der Waals surface area contributed by atoms with Crippen LogP contribution in [0.1, 0.15) is 40.5 Å². The van der Waals surface area contributed by atoms with Crippen LogP contribution in [0.15, 0.2) is 35.5 Å². The van der Waals surface area contributed by atoms with Gasteiger partial charge >= 0.3 is 11.9 Å². The SMILES string of the molecule is C=C1C(=O)O[C@H]2/C=C(\C)[C@@H](O)CC(=O)[C@@](C)(O)C[C@@H](OC(=O)/C(C)=C\C)[C@@H]12. The Morgan fingerprint density at radius 1 is 1.44 bits per heavy atom. The zero-order chi connectivity index (χ0) is 20.5. The highest BCUT2D eigenvalue weighted by Gasteiger charge is 2.48. The zero-order valence-corrected chi connectivity index (χ0v) is 16.0. The molecule has 0 unspecified atom stereocenters. The Balaban J connectivity index is 2.52. The van der Waals surface area contributed by atoms with Gasteiger partial charge in [0.15, 0.2) is 5.78 Å². The number of fused-ring (bicyclic) bond motifs is 1. The summed E-state index contributed by atoms with van der Waals surface area (Å²) in [6.07, 6.45) is -0.346. The Labute approximate surface area is 158 Å². The Bertz CT molecular complexity index is 729. The summed E-state index contributed by atoms with van der Waals surface area (Å²) >= 11 is 0. The van der Waals surface area contributed by atoms with Crippen LogP contribution in [0.25, 0.3) is 0 Å². The van der Waals surface area contributed by atoms with E-state index in [1.807, 2.05) is 0 Å². The van der Waals surface area contributed by atoms with Crippen molar-refractivity contribution in [3.05, 3.63) is 35.5 Å². The van der Waals surface area contributed by atoms with Crippen LogP contribution in [0, 0.1) is 5.92 Å². The van der Waals surface area contributed by atoms with Crippen molar-refractivity contribution in [2.24, 2.45) is 5.92 Å². The number of aliphatic hydroxyl groups excluding tert-OH is 1. The van der Waals surface area contributed by atoms with E-state index >= 15 is 0 Å². The zero-order valence-electron chi connectivity index (χ0n) is 16.0. The van der Waals surface area contributed by atoms with Crippen LogP contribution in [-0.2, 0) is 23.9 Å². The average Bonchev–Trinajstić information content (AvgIpc) is 2.86. The van der Waals surface area contributed by atoms with E-state index in [1.54, 1.807) is 32.9 Å². The summed E-state index contributed by atoms with van der Waals surface area (Å²) in [6.45, 7) is 9.91. The predicted octanol–water partition coefficient (Wildman–Crippen LogP) is 1.38. The molecular weight excluding hydrogens is 352 g/mol. The Hall–Kier alpha value is -2.25. The Morgan fingerprint density at radius 3 is 2.67 bits per heavy atom. The second-order valence-electron chi connectivity index (χ2n) is 7.37. The number of hydrogen-bond acceptors (Lipinski definition) is 7. The van der Waals surface area contributed by atoms with Gasteiger partial charge in [0.25, 0.3) is 0 Å². The molecule has 0 aromatic heterocycles. The monoisotopic (exact) mass is 378 g/mol. The van der Waals surface area contributed by atoms with Crippen LogP contribution < -0.4 is 0 Å². The van der Waals surface area contributed by atoms with Gasteiger partial charge in [0.1, 0.15) is 17.8 Å². The molecule has 0 amide bonds. The predicted molar refractivity (Wildman–Crippen MR) is 96.4 cm³/mol. The molecule has 2 N–H and O–H groups in total. The molecule has 148 valence electrons. The van der Waals surface area contributed by atoms with Crippen LogP contribution in [0.4, 0.5) is 0 Å². The van der Waals surface area contributed by atoms with Gasteiger partial charge in [-0.2, -0.15) is 0 Å². The number of aliphatic hydroxyl groups is 2. The Kier molecular flexibility index (Phi) is 6.07. The lowest BCUT2D eigenvalue weighted by atomic mass is 9.79. The van der Waals surface area contributed by atoms with Crippen LogP contribution in [0.2, 0.25) is 0 Å². The van der Waals surface area contributed by atoms with E-state index in [9.17, 15) is 24.6 Å². The average molecular weight is 378 g/mol. The first-order valence-electron chi connectivity index (χ1n) is 8.83. The first-order chi connectivity index (χ1) is 12.5. The molecule has 0 aromatic carbocycles. The van der Waals surface area contributed by atoms with Gasteiger partial charge in [0.2, 0.25) is 0 Å². The van der Waals surface area contributed by atoms with Gasteiger partial charge in [-0.1, -0.05) is 12.7 Å². The highest BCUT2D eigenvalue weighted by molar-refractivity contribution is 5.92. The van der Waals surface area contributed by atoms with Crippen molar-refractivity contribution in [3.8, 4) is 0 Å². The van der Waals surface area contributed by atoms with E-state index in [0.717, 1.165) is 0 Å². The van der Waals surface area contributed by atoms with Gasteiger partial charge in [-0.3, -0.25) is 4.79 Å². The number of ketones is 1. The molecule has 7 heteroatoms. The third-order valence-corrected chi connectivity index (χ3v) is 5.21. The minimum atomic E-state index is -1.86. The second-order valence-corrected chi connectivity index (χ2v) is 7.37. The van der Waals surface area contributed by atoms with Crippen LogP contribution in [0.3, 0.4) is 0 Å². The molecule has 7 nitrogen and oxygen atoms in total. The van der Waals surface area contributed by atoms with Crippen molar-refractivity contribution in [2.45, 2.75) is 64.4 Å². The van der Waals surface area contributed by atoms with Crippen LogP contribution >= 0.6 is 0 Å². The third kappa shape index (κ3) is 4.36. The molecule has 1 fully saturated rings. The van der Waals surface area contributed by atoms with E-state index in [-0.39, 0.29) is 18.4 Å². The lowest BCUT2D eigenvalue weighted by Crippen LogP contribution is -2.46. The fourth-order valence-corrected chi connectivity index (χ4v) is 3.20. The molecule has 27 heavy (non-hydrogen) atoms. The van der Waals surface area contributed by atoms with Gasteiger partial charge in [-0.25, -0.2) is 9.59 Å². The smallest absolute Gasteiger partial charge is 0.334 e. The summed E-state index contributed by atoms with van der Waals surface area (Å²) in [4.78, 5) is 36.8. The van der Waals surface area contributed by atoms with Crippen molar-refractivity contribution in [1.82, 2.24) is 0 Å². The first kappa shape index (κ1) is 21.1. The van der Waals surface area contributed by atoms with E-state index in [4.69, 9.17) is 9.47 Å². The minimum absolute atomic E-state index is 0.0956. The molecule has 0 aromatic rings. The summed E-state index contributed by atoms with van der Waals surface area (Å²) in [5.74, 6) is -2.61. The third-order valence-electron chi connectivity index (χ3n) is 5.21. The molecule has 0 saturated carbocycles. The first-order valence-corrected chi connectivity index (χ1v) is 8.83. The lowest BCUT2D eigenvalue weighted by molar-refractivity contribution is -0.156. The highest BCUT2D eigenvalue weighted by atomic mass is 16.6. The van der Waals surface area contributed by atoms with Crippen molar-refractivity contribution in [2.75, 3.05) is 0 Å². The van der Waals surface area contributed by atoms with E-state index in [1.165, 1.54) is 6.92 Å². The van der Waals surface area contributed by atoms with Gasteiger partial charge in [-0.15, -0.1) is 0 Å². The van der Waals surface area contributed by atoms with Gasteiger partial charge in [0.05, 0.1) is 12.0 Å². The second kappa shape index (κ2) is 7.78. The number of hydrogen-bond donors (Lipinski definition) is 2. The highest BCUT2D eigenvalue weighted by Crippen LogP contribution is 2.37. The molecule has 1 heterocycles. The fraction of sp³-hybridized carbons (Fsp3) is 0.550. The summed E-state index contributed by atoms with van der Waals surface area (Å²) in [6, 6.07) is 0. The summed E-state index contributed by atoms with van der Waals surface area (Å²) in [5, 5.41) is 20.9. The van der Waals surface area contributed by atoms with E-state index in [0.29, 0.717) is 11.1 Å². The molecule has 2 rings (SSSR count). The number of Topliss-reactive ketones (excluding diaryl/α,β-unsaturated/α-hetero) is 1. The molecule has 0 radical (unpaired) electrons. The molecule has 0 bridgehead atoms. The summed E-state index contributed by atoms with van der Waals surface area (Å²) in [7, 11) is 0. The number of ether oxygens (including phenoxy) is 2. The molecule has 0 spiro atoms. The van der Waals surface area contributed by atoms with Crippen LogP contribution in [-0.4, -0.2) is 51.8 Å². The van der Waals surface area contributed by atoms with Crippen LogP contribution in [0.5, 0.6) is 0 Å². The number of rotatable bonds is 2. The van der Waals surface area contributed by atoms with Gasteiger partial charge < -0.3 is 19.7 Å². The quantitative estimate of drug-likeness (QED) is 0.424. The largest absolute Gasteiger partial charge is 0.458 e. The molecule has 1 aliphatic heterocycles. The molecular formula is C20H26O7. The lowest BCUT2D eigenvalue weighted by Gasteiger charge is -2.33. The Morgan fingerprint density at radius 2 is 2.07 bits per heavy atom. The normalized spacial score (nSPS) is 37.2. The molecule has 1 aliphatic carbocycles. The topological polar surface area (TPSA) is 110 Å². The molecule has 2 aliphatic rings. The summed E-state index contributed by atoms with van der Waals surface area (Å²) < 4.78 is 10.9. The van der Waals surface area contributed by atoms with Gasteiger partial charge in [-0.05, 0) is 39.3 Å². The van der Waals surface area contributed by atoms with Crippen molar-refractivity contribution in [3.63, 3.8) is 0 Å². The fourth-order valence-electron chi connectivity index (χ4n) is 3.20. The van der Waals surface area contributed by atoms with Gasteiger partial charge in [0, 0.05) is 24.0 Å². The van der Waals surface area contributed by atoms with Crippen molar-refractivity contribution >= 4 is 17.7 Å². The number of carbonyl (C=O) groups is 3. The van der Waals surface area contributed by atoms with Crippen molar-refractivity contribution in [1.29, 1.82) is 0 Å². The standard InChI is InChI=1S/C20H26O7/c1-6-10(2)18(23)27-15-9-20(5,25)16(22)8-13(21)11(3)7-14-17(15)12(4)19(24)26-14/h6-7,13-15,17,21,25H,4,8-9H2,1-3,5H3/b10-6-,11-7+/t13-,14-,15+,17-,20-/m0/s1. The maximum absolute atomic E-state index is 12.5. The maximum atomic E-state index is 12.5.